The zero-order valence-electron chi connectivity index (χ0n) is 49.2. The van der Waals surface area contributed by atoms with Gasteiger partial charge in [-0.25, -0.2) is 0 Å². The summed E-state index contributed by atoms with van der Waals surface area (Å²) in [7, 11) is 0. The summed E-state index contributed by atoms with van der Waals surface area (Å²) in [5, 5.41) is 76.2. The van der Waals surface area contributed by atoms with E-state index in [-0.39, 0.29) is 12.8 Å². The Labute approximate surface area is 467 Å². The van der Waals surface area contributed by atoms with Crippen molar-refractivity contribution in [2.45, 2.75) is 358 Å². The summed E-state index contributed by atoms with van der Waals surface area (Å²) in [5.74, 6) is -0.716. The number of amides is 1. The number of ether oxygens (including phenoxy) is 2. The molecule has 0 aliphatic carbocycles. The largest absolute Gasteiger partial charge is 0.394 e. The van der Waals surface area contributed by atoms with Crippen LogP contribution in [0.2, 0.25) is 0 Å². The molecule has 0 saturated carbocycles. The minimum Gasteiger partial charge on any atom is -0.394 e. The molecule has 9 unspecified atom stereocenters. The van der Waals surface area contributed by atoms with Gasteiger partial charge in [-0.15, -0.1) is 0 Å². The fourth-order valence-electron chi connectivity index (χ4n) is 10.4. The smallest absolute Gasteiger partial charge is 0.249 e. The molecule has 1 heterocycles. The average molecular weight is 1080 g/mol. The second-order valence-electron chi connectivity index (χ2n) is 22.8. The molecule has 1 saturated heterocycles. The Kier molecular flexibility index (Phi) is 51.3. The molecular weight excluding hydrogens is 955 g/mol. The zero-order chi connectivity index (χ0) is 55.4. The maximum atomic E-state index is 13.2. The van der Waals surface area contributed by atoms with Gasteiger partial charge >= 0.3 is 0 Å². The number of rotatable bonds is 56. The van der Waals surface area contributed by atoms with Crippen molar-refractivity contribution in [1.29, 1.82) is 0 Å². The van der Waals surface area contributed by atoms with Crippen LogP contribution in [0.4, 0.5) is 0 Å². The van der Waals surface area contributed by atoms with Crippen molar-refractivity contribution in [1.82, 2.24) is 5.32 Å². The molecule has 448 valence electrons. The van der Waals surface area contributed by atoms with Crippen LogP contribution in [0.25, 0.3) is 0 Å². The lowest BCUT2D eigenvalue weighted by Gasteiger charge is -2.40. The van der Waals surface area contributed by atoms with Gasteiger partial charge in [0.15, 0.2) is 6.29 Å². The average Bonchev–Trinajstić information content (AvgIpc) is 3.42. The van der Waals surface area contributed by atoms with E-state index in [9.17, 15) is 40.5 Å². The predicted octanol–water partition coefficient (Wildman–Crippen LogP) is 14.6. The van der Waals surface area contributed by atoms with Gasteiger partial charge in [-0.1, -0.05) is 262 Å². The molecule has 11 heteroatoms. The van der Waals surface area contributed by atoms with E-state index in [1.54, 1.807) is 0 Å². The van der Waals surface area contributed by atoms with Crippen LogP contribution in [0.15, 0.2) is 36.5 Å². The molecule has 9 atom stereocenters. The Balaban J connectivity index is 2.25. The van der Waals surface area contributed by atoms with Crippen LogP contribution >= 0.6 is 0 Å². The number of carbonyl (C=O) groups is 1. The highest BCUT2D eigenvalue weighted by Crippen LogP contribution is 2.23. The number of carbonyl (C=O) groups excluding carboxylic acids is 1. The van der Waals surface area contributed by atoms with E-state index in [1.165, 1.54) is 205 Å². The normalized spacial score (nSPS) is 19.8. The minimum atomic E-state index is -1.67. The molecule has 8 N–H and O–H groups in total. The van der Waals surface area contributed by atoms with Crippen molar-refractivity contribution in [3.8, 4) is 0 Å². The maximum absolute atomic E-state index is 13.2. The molecule has 0 radical (unpaired) electrons. The van der Waals surface area contributed by atoms with Gasteiger partial charge < -0.3 is 50.5 Å². The van der Waals surface area contributed by atoms with Crippen LogP contribution in [0, 0.1) is 0 Å². The number of aliphatic hydroxyl groups is 7. The fourth-order valence-corrected chi connectivity index (χ4v) is 10.4. The first kappa shape index (κ1) is 72.3. The van der Waals surface area contributed by atoms with Crippen LogP contribution in [0.1, 0.15) is 303 Å². The molecule has 0 bridgehead atoms. The van der Waals surface area contributed by atoms with E-state index in [0.29, 0.717) is 19.3 Å². The van der Waals surface area contributed by atoms with E-state index in [0.717, 1.165) is 51.4 Å². The van der Waals surface area contributed by atoms with Gasteiger partial charge in [0.05, 0.1) is 25.4 Å². The molecule has 1 aliphatic heterocycles. The number of nitrogens with one attached hydrogen (secondary N) is 1. The Morgan fingerprint density at radius 2 is 0.789 bits per heavy atom. The number of hydrogen-bond donors (Lipinski definition) is 8. The summed E-state index contributed by atoms with van der Waals surface area (Å²) >= 11 is 0. The van der Waals surface area contributed by atoms with Crippen LogP contribution in [0.3, 0.4) is 0 Å². The van der Waals surface area contributed by atoms with E-state index in [4.69, 9.17) is 9.47 Å². The van der Waals surface area contributed by atoms with Gasteiger partial charge in [-0.05, 0) is 77.0 Å². The summed E-state index contributed by atoms with van der Waals surface area (Å²) in [6, 6.07) is -1.20. The first-order valence-electron chi connectivity index (χ1n) is 32.4. The lowest BCUT2D eigenvalue weighted by atomic mass is 9.98. The first-order chi connectivity index (χ1) is 37.2. The lowest BCUT2D eigenvalue weighted by molar-refractivity contribution is -0.303. The molecule has 1 aliphatic rings. The third-order valence-corrected chi connectivity index (χ3v) is 15.6. The quantitative estimate of drug-likeness (QED) is 0.0215. The molecule has 11 nitrogen and oxygen atoms in total. The Hall–Kier alpha value is -1.67. The molecule has 76 heavy (non-hydrogen) atoms. The van der Waals surface area contributed by atoms with Crippen LogP contribution in [-0.4, -0.2) is 110 Å². The summed E-state index contributed by atoms with van der Waals surface area (Å²) in [6.45, 7) is 3.46. The molecule has 0 aromatic carbocycles. The van der Waals surface area contributed by atoms with Crippen molar-refractivity contribution in [2.24, 2.45) is 0 Å². The Morgan fingerprint density at radius 3 is 1.17 bits per heavy atom. The van der Waals surface area contributed by atoms with Crippen LogP contribution < -0.4 is 5.32 Å². The van der Waals surface area contributed by atoms with Crippen molar-refractivity contribution in [2.75, 3.05) is 13.2 Å². The summed E-state index contributed by atoms with van der Waals surface area (Å²) in [4.78, 5) is 13.2. The molecule has 1 amide bonds. The van der Waals surface area contributed by atoms with Gasteiger partial charge in [-0.3, -0.25) is 4.79 Å². The van der Waals surface area contributed by atoms with Crippen molar-refractivity contribution >= 4 is 5.91 Å². The third-order valence-electron chi connectivity index (χ3n) is 15.6. The molecule has 0 aromatic heterocycles. The monoisotopic (exact) mass is 1080 g/mol. The highest BCUT2D eigenvalue weighted by molar-refractivity contribution is 5.80. The van der Waals surface area contributed by atoms with Gasteiger partial charge in [0.2, 0.25) is 5.91 Å². The van der Waals surface area contributed by atoms with E-state index in [2.05, 4.69) is 55.6 Å². The van der Waals surface area contributed by atoms with E-state index in [1.807, 2.05) is 0 Å². The van der Waals surface area contributed by atoms with Crippen LogP contribution in [0.5, 0.6) is 0 Å². The number of hydrogen-bond acceptors (Lipinski definition) is 10. The highest BCUT2D eigenvalue weighted by atomic mass is 16.7. The number of aliphatic hydroxyl groups excluding tert-OH is 7. The molecule has 1 fully saturated rings. The molecule has 1 rings (SSSR count). The second-order valence-corrected chi connectivity index (χ2v) is 22.8. The maximum Gasteiger partial charge on any atom is 0.249 e. The summed E-state index contributed by atoms with van der Waals surface area (Å²) in [6.07, 6.45) is 56.6. The zero-order valence-corrected chi connectivity index (χ0v) is 49.2. The fraction of sp³-hybridized carbons (Fsp3) is 0.892. The summed E-state index contributed by atoms with van der Waals surface area (Å²) in [5.41, 5.74) is 0. The van der Waals surface area contributed by atoms with Gasteiger partial charge in [-0.2, -0.15) is 0 Å². The molecule has 0 aromatic rings. The van der Waals surface area contributed by atoms with Crippen LogP contribution in [-0.2, 0) is 14.3 Å². The van der Waals surface area contributed by atoms with E-state index >= 15 is 0 Å². The minimum absolute atomic E-state index is 0.237. The van der Waals surface area contributed by atoms with Crippen molar-refractivity contribution in [3.63, 3.8) is 0 Å². The Morgan fingerprint density at radius 1 is 0.447 bits per heavy atom. The van der Waals surface area contributed by atoms with E-state index < -0.39 is 74.2 Å². The second kappa shape index (κ2) is 53.9. The topological polar surface area (TPSA) is 189 Å². The number of unbranched alkanes of at least 4 members (excludes halogenated alkanes) is 38. The summed E-state index contributed by atoms with van der Waals surface area (Å²) < 4.78 is 11.1. The van der Waals surface area contributed by atoms with Crippen molar-refractivity contribution < 1.29 is 50.0 Å². The van der Waals surface area contributed by atoms with Crippen molar-refractivity contribution in [3.05, 3.63) is 36.5 Å². The van der Waals surface area contributed by atoms with Gasteiger partial charge in [0.25, 0.3) is 0 Å². The molecule has 0 spiro atoms. The highest BCUT2D eigenvalue weighted by Gasteiger charge is 2.44. The number of allylic oxidation sites excluding steroid dienone is 6. The Bertz CT molecular complexity index is 1330. The SMILES string of the molecule is CCCCCCCCCCC/C=C\CCCCCCC(O)C(=O)NC(COC1OC(CO)C(O)C(O)C1O)C(O)C(O)CCC/C=C/CC/C=C/CCCCCCCCCCCCCCCCCCCCCCCCC. The predicted molar refractivity (Wildman–Crippen MR) is 316 cm³/mol. The van der Waals surface area contributed by atoms with Gasteiger partial charge in [0, 0.05) is 0 Å². The lowest BCUT2D eigenvalue weighted by Crippen LogP contribution is -2.60. The first-order valence-corrected chi connectivity index (χ1v) is 32.4. The third kappa shape index (κ3) is 41.4. The standard InChI is InChI=1S/C65H123NO10/c1-3-5-7-9-11-13-15-17-19-21-22-23-24-25-26-27-28-29-30-31-32-33-34-35-37-38-40-42-44-46-48-50-52-57(68)60(70)56(55-75-65-63(73)62(72)61(71)59(54-67)76-65)66-64(74)58(69)53-51-49-47-45-43-41-39-36-20-18-16-14-12-10-8-6-4-2/h37-39,41,44,46,56-63,65,67-73H,3-36,40,42-43,45,47-55H2,1-2H3,(H,66,74)/b38-37+,41-39-,46-44+. The molecular formula is C65H123NO10. The van der Waals surface area contributed by atoms with Gasteiger partial charge in [0.1, 0.15) is 36.6 Å².